The van der Waals surface area contributed by atoms with Crippen LogP contribution < -0.4 is 9.47 Å². The molecule has 83 heavy (non-hydrogen) atoms. The zero-order valence-electron chi connectivity index (χ0n) is 52.1. The summed E-state index contributed by atoms with van der Waals surface area (Å²) in [6, 6.07) is 8.64. The van der Waals surface area contributed by atoms with E-state index >= 15 is 8.78 Å². The van der Waals surface area contributed by atoms with Crippen LogP contribution in [0.2, 0.25) is 0 Å². The third kappa shape index (κ3) is 18.2. The molecule has 4 nitrogen and oxygen atoms in total. The molecule has 0 spiro atoms. The summed E-state index contributed by atoms with van der Waals surface area (Å²) in [6.07, 6.45) is 54.9. The average molecular weight is 1230 g/mol. The topological polar surface area (TPSA) is 44.2 Å². The smallest absolute Gasteiger partial charge is 0.170 e. The minimum absolute atomic E-state index is 0.237. The lowest BCUT2D eigenvalue weighted by atomic mass is 9.81. The van der Waals surface area contributed by atoms with Crippen molar-refractivity contribution in [1.29, 1.82) is 0 Å². The van der Waals surface area contributed by atoms with Crippen LogP contribution in [0.25, 0.3) is 51.4 Å². The molecule has 0 bridgehead atoms. The molecule has 0 saturated heterocycles. The molecule has 0 fully saturated rings. The maximum atomic E-state index is 17.8. The molecule has 0 amide bonds. The first-order valence-electron chi connectivity index (χ1n) is 34.3. The zero-order chi connectivity index (χ0) is 58.0. The van der Waals surface area contributed by atoms with Crippen LogP contribution >= 0.6 is 57.1 Å². The summed E-state index contributed by atoms with van der Waals surface area (Å²) in [6.45, 7) is 9.16. The van der Waals surface area contributed by atoms with Gasteiger partial charge in [-0.15, -0.1) is 45.3 Å². The number of ether oxygens (including phenoxy) is 2. The third-order valence-corrected chi connectivity index (χ3v) is 23.5. The Labute approximate surface area is 522 Å². The summed E-state index contributed by atoms with van der Waals surface area (Å²) in [4.78, 5) is 5.92. The Morgan fingerprint density at radius 2 is 0.627 bits per heavy atom. The highest BCUT2D eigenvalue weighted by atomic mass is 32.1. The number of thiophene rings is 4. The van der Waals surface area contributed by atoms with Gasteiger partial charge in [0.1, 0.15) is 33.7 Å². The van der Waals surface area contributed by atoms with Crippen molar-refractivity contribution >= 4 is 68.1 Å². The molecule has 0 aliphatic carbocycles. The van der Waals surface area contributed by atoms with E-state index in [0.717, 1.165) is 105 Å². The quantitative estimate of drug-likeness (QED) is 0.0357. The van der Waals surface area contributed by atoms with Crippen LogP contribution in [0.5, 0.6) is 11.5 Å². The van der Waals surface area contributed by atoms with Crippen molar-refractivity contribution in [2.75, 3.05) is 0 Å². The summed E-state index contributed by atoms with van der Waals surface area (Å²) < 4.78 is 60.0. The van der Waals surface area contributed by atoms with Crippen LogP contribution in [0.1, 0.15) is 321 Å². The van der Waals surface area contributed by atoms with Crippen LogP contribution in [0, 0.1) is 11.6 Å². The van der Waals surface area contributed by atoms with Gasteiger partial charge in [0, 0.05) is 20.9 Å². The molecule has 6 aromatic rings. The number of unbranched alkanes of at least 4 members (excludes halogenated alkanes) is 36. The average Bonchev–Trinajstić information content (AvgIpc) is 4.57. The lowest BCUT2D eigenvalue weighted by Crippen LogP contribution is -2.35. The number of aromatic nitrogens is 2. The van der Waals surface area contributed by atoms with E-state index in [4.69, 9.17) is 18.2 Å². The predicted octanol–water partition coefficient (Wildman–Crippen LogP) is 27.3. The molecule has 2 aliphatic heterocycles. The number of benzene rings is 1. The Morgan fingerprint density at radius 3 is 0.904 bits per heavy atom. The van der Waals surface area contributed by atoms with Crippen molar-refractivity contribution in [3.8, 4) is 51.9 Å². The molecule has 460 valence electrons. The summed E-state index contributed by atoms with van der Waals surface area (Å²) in [5.74, 6) is 0.217. The molecule has 5 aromatic heterocycles. The van der Waals surface area contributed by atoms with E-state index in [9.17, 15) is 0 Å². The molecular weight excluding hydrogens is 1120 g/mol. The fraction of sp³-hybridized carbons (Fsp3) is 0.694. The molecule has 0 saturated carbocycles. The van der Waals surface area contributed by atoms with Gasteiger partial charge in [-0.2, -0.15) is 8.75 Å². The van der Waals surface area contributed by atoms with Crippen molar-refractivity contribution < 1.29 is 18.3 Å². The predicted molar refractivity (Wildman–Crippen MR) is 361 cm³/mol. The molecule has 1 aromatic carbocycles. The fourth-order valence-corrected chi connectivity index (χ4v) is 18.7. The minimum atomic E-state index is -0.831. The Hall–Kier alpha value is -2.70. The monoisotopic (exact) mass is 1230 g/mol. The third-order valence-electron chi connectivity index (χ3n) is 18.6. The van der Waals surface area contributed by atoms with E-state index in [-0.39, 0.29) is 11.1 Å². The van der Waals surface area contributed by atoms with Gasteiger partial charge in [0.05, 0.1) is 42.4 Å². The number of halogens is 2. The second-order valence-electron chi connectivity index (χ2n) is 25.2. The van der Waals surface area contributed by atoms with Gasteiger partial charge in [0.2, 0.25) is 0 Å². The molecule has 0 atom stereocenters. The van der Waals surface area contributed by atoms with Crippen LogP contribution in [-0.2, 0) is 11.2 Å². The molecule has 0 N–H and O–H groups in total. The van der Waals surface area contributed by atoms with E-state index in [1.165, 1.54) is 231 Å². The molecule has 2 aliphatic rings. The van der Waals surface area contributed by atoms with Crippen molar-refractivity contribution in [2.24, 2.45) is 0 Å². The number of rotatable bonds is 46. The van der Waals surface area contributed by atoms with Crippen LogP contribution in [0.3, 0.4) is 0 Å². The molecule has 11 heteroatoms. The number of nitrogens with zero attached hydrogens (tertiary/aromatic N) is 2. The molecular formula is C72H106F2N2O2S5. The van der Waals surface area contributed by atoms with Gasteiger partial charge < -0.3 is 9.47 Å². The fourth-order valence-electron chi connectivity index (χ4n) is 13.6. The normalized spacial score (nSPS) is 14.0. The highest BCUT2D eigenvalue weighted by molar-refractivity contribution is 7.24. The summed E-state index contributed by atoms with van der Waals surface area (Å²) in [5, 5.41) is 4.27. The number of hydrogen-bond donors (Lipinski definition) is 0. The standard InChI is InChI=1S/C72H106F2N2O2S5/c1-5-9-13-17-21-25-29-33-37-41-47-71(48-42-38-34-30-26-22-18-14-10-6-2)55-53-59(81-67(55)69-57(77-71)45-51-79-69)61-63(73)64(74)62(66-65(61)75-83-76-66)60-54-56-68(82-60)70-58(46-52-80-70)78-72(56,49-43-39-35-31-27-23-19-15-11-7-3)50-44-40-36-32-28-24-20-16-12-8-4/h45-46,51-54H,5-44,47-50H2,1-4H3. The van der Waals surface area contributed by atoms with Crippen LogP contribution in [0.4, 0.5) is 8.78 Å². The van der Waals surface area contributed by atoms with E-state index in [1.807, 2.05) is 0 Å². The first-order chi connectivity index (χ1) is 40.9. The summed E-state index contributed by atoms with van der Waals surface area (Å²) in [7, 11) is 0. The first-order valence-corrected chi connectivity index (χ1v) is 38.5. The second kappa shape index (κ2) is 35.9. The van der Waals surface area contributed by atoms with Gasteiger partial charge in [-0.3, -0.25) is 0 Å². The van der Waals surface area contributed by atoms with E-state index in [2.05, 4.69) is 62.7 Å². The molecule has 8 rings (SSSR count). The van der Waals surface area contributed by atoms with E-state index < -0.39 is 22.8 Å². The summed E-state index contributed by atoms with van der Waals surface area (Å²) >= 11 is 7.64. The second-order valence-corrected chi connectivity index (χ2v) is 29.7. The molecule has 0 radical (unpaired) electrons. The Balaban J connectivity index is 1.06. The van der Waals surface area contributed by atoms with E-state index in [1.54, 1.807) is 45.3 Å². The van der Waals surface area contributed by atoms with Gasteiger partial charge in [-0.25, -0.2) is 8.78 Å². The SMILES string of the molecule is CCCCCCCCCCCCC1(CCCCCCCCCCCC)Oc2ccsc2-c2sc(-c3c(F)c(F)c(-c4cc5c(s4)-c4sccc4OC5(CCCCCCCCCCCC)CCCCCCCCCCCC)c4nsnc34)cc21. The first kappa shape index (κ1) is 66.3. The van der Waals surface area contributed by atoms with Crippen LogP contribution in [-0.4, -0.2) is 8.75 Å². The van der Waals surface area contributed by atoms with Crippen molar-refractivity contribution in [3.63, 3.8) is 0 Å². The highest BCUT2D eigenvalue weighted by Crippen LogP contribution is 2.59. The van der Waals surface area contributed by atoms with Gasteiger partial charge in [-0.1, -0.05) is 259 Å². The zero-order valence-corrected chi connectivity index (χ0v) is 56.2. The van der Waals surface area contributed by atoms with Crippen molar-refractivity contribution in [2.45, 2.75) is 321 Å². The van der Waals surface area contributed by atoms with Gasteiger partial charge >= 0.3 is 0 Å². The number of fused-ring (bicyclic) bond motifs is 7. The lowest BCUT2D eigenvalue weighted by molar-refractivity contribution is 0.0395. The van der Waals surface area contributed by atoms with Crippen molar-refractivity contribution in [3.05, 3.63) is 57.8 Å². The highest BCUT2D eigenvalue weighted by Gasteiger charge is 2.45. The Kier molecular flexibility index (Phi) is 28.7. The maximum absolute atomic E-state index is 17.8. The number of hydrogen-bond acceptors (Lipinski definition) is 9. The Morgan fingerprint density at radius 1 is 0.361 bits per heavy atom. The van der Waals surface area contributed by atoms with Crippen molar-refractivity contribution in [1.82, 2.24) is 8.75 Å². The summed E-state index contributed by atoms with van der Waals surface area (Å²) in [5.41, 5.74) is 2.62. The van der Waals surface area contributed by atoms with Gasteiger partial charge in [0.15, 0.2) is 11.6 Å². The molecule has 7 heterocycles. The van der Waals surface area contributed by atoms with Gasteiger partial charge in [0.25, 0.3) is 0 Å². The lowest BCUT2D eigenvalue weighted by Gasteiger charge is -2.38. The largest absolute Gasteiger partial charge is 0.481 e. The Bertz CT molecular complexity index is 2530. The maximum Gasteiger partial charge on any atom is 0.170 e. The minimum Gasteiger partial charge on any atom is -0.481 e. The molecule has 0 unspecified atom stereocenters. The van der Waals surface area contributed by atoms with E-state index in [0.29, 0.717) is 20.8 Å². The van der Waals surface area contributed by atoms with Crippen LogP contribution in [0.15, 0.2) is 35.0 Å². The van der Waals surface area contributed by atoms with Gasteiger partial charge in [-0.05, 0) is 86.4 Å².